The lowest BCUT2D eigenvalue weighted by atomic mass is 10.0. The van der Waals surface area contributed by atoms with Gasteiger partial charge in [-0.3, -0.25) is 4.79 Å². The predicted octanol–water partition coefficient (Wildman–Crippen LogP) is -0.510. The van der Waals surface area contributed by atoms with Gasteiger partial charge in [0.2, 0.25) is 0 Å². The second kappa shape index (κ2) is 5.95. The third-order valence-electron chi connectivity index (χ3n) is 2.46. The Morgan fingerprint density at radius 2 is 1.93 bits per heavy atom. The van der Waals surface area contributed by atoms with Gasteiger partial charge in [-0.05, 0) is 33.9 Å². The summed E-state index contributed by atoms with van der Waals surface area (Å²) in [6.45, 7) is 1.89. The van der Waals surface area contributed by atoms with Gasteiger partial charge in [0, 0.05) is 6.04 Å². The molecule has 5 nitrogen and oxygen atoms in total. The van der Waals surface area contributed by atoms with E-state index in [-0.39, 0.29) is 6.04 Å². The van der Waals surface area contributed by atoms with Gasteiger partial charge < -0.3 is 20.8 Å². The van der Waals surface area contributed by atoms with E-state index in [1.54, 1.807) is 0 Å². The quantitative estimate of drug-likeness (QED) is 0.542. The summed E-state index contributed by atoms with van der Waals surface area (Å²) in [7, 11) is 3.73. The van der Waals surface area contributed by atoms with Gasteiger partial charge >= 0.3 is 5.97 Å². The van der Waals surface area contributed by atoms with E-state index in [1.807, 2.05) is 25.9 Å². The molecule has 0 spiro atoms. The molecule has 4 N–H and O–H groups in total. The monoisotopic (exact) mass is 204 g/mol. The van der Waals surface area contributed by atoms with Crippen LogP contribution in [0.15, 0.2) is 0 Å². The maximum absolute atomic E-state index is 10.4. The van der Waals surface area contributed by atoms with E-state index in [1.165, 1.54) is 0 Å². The van der Waals surface area contributed by atoms with Crippen molar-refractivity contribution >= 4 is 5.97 Å². The first-order valence-electron chi connectivity index (χ1n) is 4.69. The molecular weight excluding hydrogens is 184 g/mol. The molecule has 0 saturated carbocycles. The number of carbonyl (C=O) groups is 1. The molecule has 0 aromatic carbocycles. The SMILES string of the molecule is CC(C(O)CC[C@H](N)C(=O)O)N(C)C. The smallest absolute Gasteiger partial charge is 0.320 e. The number of rotatable bonds is 6. The van der Waals surface area contributed by atoms with Crippen molar-refractivity contribution in [3.8, 4) is 0 Å². The van der Waals surface area contributed by atoms with E-state index in [2.05, 4.69) is 0 Å². The van der Waals surface area contributed by atoms with Gasteiger partial charge in [0.25, 0.3) is 0 Å². The van der Waals surface area contributed by atoms with Crippen molar-refractivity contribution in [2.45, 2.75) is 38.0 Å². The first-order chi connectivity index (χ1) is 6.36. The summed E-state index contributed by atoms with van der Waals surface area (Å²) in [5, 5.41) is 18.2. The zero-order valence-electron chi connectivity index (χ0n) is 8.97. The minimum Gasteiger partial charge on any atom is -0.480 e. The largest absolute Gasteiger partial charge is 0.480 e. The predicted molar refractivity (Wildman–Crippen MR) is 54.0 cm³/mol. The summed E-state index contributed by atoms with van der Waals surface area (Å²) in [6, 6.07) is -0.866. The summed E-state index contributed by atoms with van der Waals surface area (Å²) in [6.07, 6.45) is 0.178. The number of hydrogen-bond donors (Lipinski definition) is 3. The second-order valence-corrected chi connectivity index (χ2v) is 3.79. The van der Waals surface area contributed by atoms with Crippen LogP contribution >= 0.6 is 0 Å². The van der Waals surface area contributed by atoms with E-state index in [4.69, 9.17) is 10.8 Å². The molecule has 0 radical (unpaired) electrons. The maximum atomic E-state index is 10.4. The molecule has 0 aliphatic rings. The molecule has 0 amide bonds. The van der Waals surface area contributed by atoms with Gasteiger partial charge in [-0.1, -0.05) is 0 Å². The standard InChI is InChI=1S/C9H20N2O3/c1-6(11(2)3)8(12)5-4-7(10)9(13)14/h6-8,12H,4-5,10H2,1-3H3,(H,13,14)/t6?,7-,8?/m0/s1. The highest BCUT2D eigenvalue weighted by Gasteiger charge is 2.19. The van der Waals surface area contributed by atoms with E-state index < -0.39 is 18.1 Å². The number of aliphatic carboxylic acids is 1. The number of carboxylic acids is 1. The highest BCUT2D eigenvalue weighted by molar-refractivity contribution is 5.72. The fourth-order valence-electron chi connectivity index (χ4n) is 1.06. The lowest BCUT2D eigenvalue weighted by Crippen LogP contribution is -2.38. The summed E-state index contributed by atoms with van der Waals surface area (Å²) in [5.74, 6) is -1.02. The molecule has 0 heterocycles. The maximum Gasteiger partial charge on any atom is 0.320 e. The molecule has 0 fully saturated rings. The van der Waals surface area contributed by atoms with E-state index in [9.17, 15) is 9.90 Å². The molecule has 0 aliphatic carbocycles. The summed E-state index contributed by atoms with van der Waals surface area (Å²) >= 11 is 0. The van der Waals surface area contributed by atoms with Crippen molar-refractivity contribution < 1.29 is 15.0 Å². The van der Waals surface area contributed by atoms with E-state index >= 15 is 0 Å². The van der Waals surface area contributed by atoms with Crippen LogP contribution in [0.4, 0.5) is 0 Å². The average molecular weight is 204 g/mol. The van der Waals surface area contributed by atoms with Crippen LogP contribution in [0.2, 0.25) is 0 Å². The zero-order valence-corrected chi connectivity index (χ0v) is 8.97. The Balaban J connectivity index is 3.84. The molecule has 0 rings (SSSR count). The van der Waals surface area contributed by atoms with Crippen molar-refractivity contribution in [1.29, 1.82) is 0 Å². The molecule has 14 heavy (non-hydrogen) atoms. The number of hydrogen-bond acceptors (Lipinski definition) is 4. The number of aliphatic hydroxyl groups is 1. The van der Waals surface area contributed by atoms with Crippen molar-refractivity contribution in [2.75, 3.05) is 14.1 Å². The van der Waals surface area contributed by atoms with Gasteiger partial charge in [-0.15, -0.1) is 0 Å². The summed E-state index contributed by atoms with van der Waals surface area (Å²) in [5.41, 5.74) is 5.32. The van der Waals surface area contributed by atoms with E-state index in [0.717, 1.165) is 0 Å². The Kier molecular flexibility index (Phi) is 5.68. The summed E-state index contributed by atoms with van der Waals surface area (Å²) in [4.78, 5) is 12.3. The Bertz CT molecular complexity index is 185. The fraction of sp³-hybridized carbons (Fsp3) is 0.889. The number of carboxylic acid groups (broad SMARTS) is 1. The molecule has 0 bridgehead atoms. The van der Waals surface area contributed by atoms with Gasteiger partial charge in [0.1, 0.15) is 6.04 Å². The third kappa shape index (κ3) is 4.55. The number of likely N-dealkylation sites (N-methyl/N-ethyl adjacent to an activating group) is 1. The normalized spacial score (nSPS) is 17.9. The molecular formula is C9H20N2O3. The average Bonchev–Trinajstić information content (AvgIpc) is 2.11. The minimum absolute atomic E-state index is 0.0102. The number of aliphatic hydroxyl groups excluding tert-OH is 1. The second-order valence-electron chi connectivity index (χ2n) is 3.79. The molecule has 0 aromatic rings. The molecule has 0 aromatic heterocycles. The van der Waals surface area contributed by atoms with Crippen LogP contribution in [0.25, 0.3) is 0 Å². The van der Waals surface area contributed by atoms with Crippen LogP contribution in [0.3, 0.4) is 0 Å². The molecule has 0 aliphatic heterocycles. The number of nitrogens with two attached hydrogens (primary N) is 1. The lowest BCUT2D eigenvalue weighted by Gasteiger charge is -2.25. The van der Waals surface area contributed by atoms with Crippen molar-refractivity contribution in [3.05, 3.63) is 0 Å². The van der Waals surface area contributed by atoms with Crippen molar-refractivity contribution in [1.82, 2.24) is 4.90 Å². The van der Waals surface area contributed by atoms with Crippen LogP contribution in [0, 0.1) is 0 Å². The third-order valence-corrected chi connectivity index (χ3v) is 2.46. The molecule has 3 atom stereocenters. The Hall–Kier alpha value is -0.650. The number of nitrogens with zero attached hydrogens (tertiary/aromatic N) is 1. The van der Waals surface area contributed by atoms with Crippen molar-refractivity contribution in [3.63, 3.8) is 0 Å². The Morgan fingerprint density at radius 1 is 1.43 bits per heavy atom. The zero-order chi connectivity index (χ0) is 11.3. The molecule has 2 unspecified atom stereocenters. The highest BCUT2D eigenvalue weighted by Crippen LogP contribution is 2.07. The molecule has 84 valence electrons. The summed E-state index contributed by atoms with van der Waals surface area (Å²) < 4.78 is 0. The highest BCUT2D eigenvalue weighted by atomic mass is 16.4. The Labute approximate surface area is 84.5 Å². The lowest BCUT2D eigenvalue weighted by molar-refractivity contribution is -0.138. The van der Waals surface area contributed by atoms with E-state index in [0.29, 0.717) is 12.8 Å². The minimum atomic E-state index is -1.02. The van der Waals surface area contributed by atoms with Gasteiger partial charge in [0.15, 0.2) is 0 Å². The van der Waals surface area contributed by atoms with Crippen LogP contribution in [-0.2, 0) is 4.79 Å². The molecule has 5 heteroatoms. The van der Waals surface area contributed by atoms with Gasteiger partial charge in [0.05, 0.1) is 6.10 Å². The first-order valence-corrected chi connectivity index (χ1v) is 4.69. The van der Waals surface area contributed by atoms with Crippen LogP contribution in [0.1, 0.15) is 19.8 Å². The fourth-order valence-corrected chi connectivity index (χ4v) is 1.06. The van der Waals surface area contributed by atoms with Gasteiger partial charge in [-0.2, -0.15) is 0 Å². The van der Waals surface area contributed by atoms with Gasteiger partial charge in [-0.25, -0.2) is 0 Å². The molecule has 0 saturated heterocycles. The van der Waals surface area contributed by atoms with Crippen LogP contribution < -0.4 is 5.73 Å². The van der Waals surface area contributed by atoms with Crippen molar-refractivity contribution in [2.24, 2.45) is 5.73 Å². The van der Waals surface area contributed by atoms with Crippen LogP contribution in [-0.4, -0.2) is 53.4 Å². The topological polar surface area (TPSA) is 86.8 Å². The first kappa shape index (κ1) is 13.4. The Morgan fingerprint density at radius 3 is 2.29 bits per heavy atom. The van der Waals surface area contributed by atoms with Crippen LogP contribution in [0.5, 0.6) is 0 Å².